The summed E-state index contributed by atoms with van der Waals surface area (Å²) >= 11 is 1.56. The van der Waals surface area contributed by atoms with Crippen LogP contribution in [0.1, 0.15) is 23.7 Å². The Morgan fingerprint density at radius 2 is 2.18 bits per heavy atom. The molecule has 0 saturated carbocycles. The largest absolute Gasteiger partial charge is 0.478 e. The Morgan fingerprint density at radius 1 is 1.41 bits per heavy atom. The zero-order valence-corrected chi connectivity index (χ0v) is 10.4. The third-order valence-electron chi connectivity index (χ3n) is 1.97. The normalized spacial score (nSPS) is 9.94. The quantitative estimate of drug-likeness (QED) is 0.764. The Hall–Kier alpha value is -1.49. The Kier molecular flexibility index (Phi) is 5.56. The second-order valence-electron chi connectivity index (χ2n) is 3.49. The van der Waals surface area contributed by atoms with E-state index in [1.165, 1.54) is 12.1 Å². The van der Waals surface area contributed by atoms with E-state index in [1.807, 2.05) is 0 Å². The molecule has 0 spiro atoms. The molecule has 2 N–H and O–H groups in total. The van der Waals surface area contributed by atoms with E-state index in [0.29, 0.717) is 11.4 Å². The molecule has 0 aliphatic rings. The molecule has 1 aromatic carbocycles. The van der Waals surface area contributed by atoms with Crippen molar-refractivity contribution in [2.24, 2.45) is 0 Å². The van der Waals surface area contributed by atoms with Gasteiger partial charge in [-0.15, -0.1) is 0 Å². The fourth-order valence-electron chi connectivity index (χ4n) is 1.24. The van der Waals surface area contributed by atoms with Crippen molar-refractivity contribution < 1.29 is 14.7 Å². The highest BCUT2D eigenvalue weighted by molar-refractivity contribution is 7.99. The highest BCUT2D eigenvalue weighted by Crippen LogP contribution is 2.11. The zero-order chi connectivity index (χ0) is 12.7. The summed E-state index contributed by atoms with van der Waals surface area (Å²) in [6.07, 6.45) is 1.03. The summed E-state index contributed by atoms with van der Waals surface area (Å²) in [5, 5.41) is 11.5. The van der Waals surface area contributed by atoms with E-state index in [9.17, 15) is 9.59 Å². The lowest BCUT2D eigenvalue weighted by atomic mass is 10.2. The van der Waals surface area contributed by atoms with Crippen LogP contribution in [-0.2, 0) is 4.79 Å². The maximum absolute atomic E-state index is 11.5. The van der Waals surface area contributed by atoms with Crippen molar-refractivity contribution in [3.05, 3.63) is 29.8 Å². The molecule has 0 unspecified atom stereocenters. The molecule has 1 amide bonds. The smallest absolute Gasteiger partial charge is 0.335 e. The van der Waals surface area contributed by atoms with Gasteiger partial charge in [0.25, 0.3) is 0 Å². The fraction of sp³-hybridized carbons (Fsp3) is 0.333. The summed E-state index contributed by atoms with van der Waals surface area (Å²) in [5.41, 5.74) is 0.691. The minimum atomic E-state index is -0.999. The number of carboxylic acids is 1. The van der Waals surface area contributed by atoms with Gasteiger partial charge >= 0.3 is 5.97 Å². The van der Waals surface area contributed by atoms with Crippen molar-refractivity contribution in [2.75, 3.05) is 16.8 Å². The van der Waals surface area contributed by atoms with Gasteiger partial charge in [-0.25, -0.2) is 4.79 Å². The lowest BCUT2D eigenvalue weighted by Crippen LogP contribution is -2.14. The third-order valence-corrected chi connectivity index (χ3v) is 3.14. The van der Waals surface area contributed by atoms with Crippen LogP contribution in [0.4, 0.5) is 5.69 Å². The van der Waals surface area contributed by atoms with Crippen molar-refractivity contribution in [1.29, 1.82) is 0 Å². The molecular formula is C12H15NO3S. The standard InChI is InChI=1S/C12H15NO3S/c1-2-6-17-8-11(14)13-10-5-3-4-9(7-10)12(15)16/h3-5,7H,2,6,8H2,1H3,(H,13,14)(H,15,16). The number of benzene rings is 1. The van der Waals surface area contributed by atoms with E-state index in [2.05, 4.69) is 12.2 Å². The molecule has 0 bridgehead atoms. The maximum Gasteiger partial charge on any atom is 0.335 e. The van der Waals surface area contributed by atoms with E-state index in [4.69, 9.17) is 5.11 Å². The minimum absolute atomic E-state index is 0.106. The predicted octanol–water partition coefficient (Wildman–Crippen LogP) is 2.47. The first-order chi connectivity index (χ1) is 8.13. The minimum Gasteiger partial charge on any atom is -0.478 e. The molecule has 0 atom stereocenters. The van der Waals surface area contributed by atoms with Crippen LogP contribution in [0.15, 0.2) is 24.3 Å². The van der Waals surface area contributed by atoms with E-state index in [0.717, 1.165) is 12.2 Å². The summed E-state index contributed by atoms with van der Waals surface area (Å²) in [4.78, 5) is 22.2. The van der Waals surface area contributed by atoms with E-state index < -0.39 is 5.97 Å². The SMILES string of the molecule is CCCSCC(=O)Nc1cccc(C(=O)O)c1. The first-order valence-electron chi connectivity index (χ1n) is 5.34. The molecular weight excluding hydrogens is 238 g/mol. The number of amides is 1. The van der Waals surface area contributed by atoms with Crippen molar-refractivity contribution in [1.82, 2.24) is 0 Å². The summed E-state index contributed by atoms with van der Waals surface area (Å²) < 4.78 is 0. The molecule has 4 nitrogen and oxygen atoms in total. The molecule has 0 aliphatic heterocycles. The number of hydrogen-bond donors (Lipinski definition) is 2. The number of hydrogen-bond acceptors (Lipinski definition) is 3. The fourth-order valence-corrected chi connectivity index (χ4v) is 1.93. The number of carboxylic acid groups (broad SMARTS) is 1. The molecule has 0 aliphatic carbocycles. The van der Waals surface area contributed by atoms with Crippen LogP contribution in [-0.4, -0.2) is 28.5 Å². The molecule has 92 valence electrons. The molecule has 1 aromatic rings. The first-order valence-corrected chi connectivity index (χ1v) is 6.50. The van der Waals surface area contributed by atoms with Gasteiger partial charge in [0, 0.05) is 5.69 Å². The van der Waals surface area contributed by atoms with Gasteiger partial charge < -0.3 is 10.4 Å². The van der Waals surface area contributed by atoms with Crippen molar-refractivity contribution >= 4 is 29.3 Å². The predicted molar refractivity (Wildman–Crippen MR) is 69.6 cm³/mol. The Labute approximate surface area is 104 Å². The Morgan fingerprint density at radius 3 is 2.82 bits per heavy atom. The molecule has 0 saturated heterocycles. The highest BCUT2D eigenvalue weighted by Gasteiger charge is 2.05. The van der Waals surface area contributed by atoms with E-state index in [-0.39, 0.29) is 11.5 Å². The maximum atomic E-state index is 11.5. The second-order valence-corrected chi connectivity index (χ2v) is 4.59. The van der Waals surface area contributed by atoms with E-state index in [1.54, 1.807) is 23.9 Å². The average molecular weight is 253 g/mol. The first kappa shape index (κ1) is 13.6. The van der Waals surface area contributed by atoms with Gasteiger partial charge in [-0.2, -0.15) is 11.8 Å². The van der Waals surface area contributed by atoms with Crippen molar-refractivity contribution in [2.45, 2.75) is 13.3 Å². The highest BCUT2D eigenvalue weighted by atomic mass is 32.2. The van der Waals surface area contributed by atoms with Gasteiger partial charge in [-0.1, -0.05) is 13.0 Å². The molecule has 0 radical (unpaired) electrons. The monoisotopic (exact) mass is 253 g/mol. The molecule has 0 aromatic heterocycles. The number of aromatic carboxylic acids is 1. The average Bonchev–Trinajstić information content (AvgIpc) is 2.29. The van der Waals surface area contributed by atoms with Gasteiger partial charge in [0.05, 0.1) is 11.3 Å². The van der Waals surface area contributed by atoms with Crippen LogP contribution in [0, 0.1) is 0 Å². The Bertz CT molecular complexity index is 406. The molecule has 17 heavy (non-hydrogen) atoms. The van der Waals surface area contributed by atoms with Crippen LogP contribution in [0.5, 0.6) is 0 Å². The Balaban J connectivity index is 2.53. The van der Waals surface area contributed by atoms with Crippen LogP contribution >= 0.6 is 11.8 Å². The number of nitrogens with one attached hydrogen (secondary N) is 1. The van der Waals surface area contributed by atoms with Crippen LogP contribution in [0.25, 0.3) is 0 Å². The van der Waals surface area contributed by atoms with Crippen LogP contribution in [0.2, 0.25) is 0 Å². The summed E-state index contributed by atoms with van der Waals surface area (Å²) in [5.74, 6) is 0.237. The third kappa shape index (κ3) is 4.91. The summed E-state index contributed by atoms with van der Waals surface area (Å²) in [7, 11) is 0. The molecule has 0 heterocycles. The van der Waals surface area contributed by atoms with Gasteiger partial charge in [-0.3, -0.25) is 4.79 Å². The second kappa shape index (κ2) is 6.96. The van der Waals surface area contributed by atoms with Crippen LogP contribution < -0.4 is 5.32 Å². The summed E-state index contributed by atoms with van der Waals surface area (Å²) in [6, 6.07) is 6.22. The zero-order valence-electron chi connectivity index (χ0n) is 9.60. The van der Waals surface area contributed by atoms with Crippen LogP contribution in [0.3, 0.4) is 0 Å². The molecule has 5 heteroatoms. The van der Waals surface area contributed by atoms with Gasteiger partial charge in [0.2, 0.25) is 5.91 Å². The van der Waals surface area contributed by atoms with Gasteiger partial charge in [-0.05, 0) is 30.4 Å². The van der Waals surface area contributed by atoms with Gasteiger partial charge in [0.15, 0.2) is 0 Å². The summed E-state index contributed by atoms with van der Waals surface area (Å²) in [6.45, 7) is 2.06. The topological polar surface area (TPSA) is 66.4 Å². The van der Waals surface area contributed by atoms with Gasteiger partial charge in [0.1, 0.15) is 0 Å². The van der Waals surface area contributed by atoms with Crippen molar-refractivity contribution in [3.8, 4) is 0 Å². The molecule has 1 rings (SSSR count). The van der Waals surface area contributed by atoms with Crippen molar-refractivity contribution in [3.63, 3.8) is 0 Å². The number of rotatable bonds is 6. The lowest BCUT2D eigenvalue weighted by Gasteiger charge is -2.05. The number of thioether (sulfide) groups is 1. The lowest BCUT2D eigenvalue weighted by molar-refractivity contribution is -0.113. The molecule has 0 fully saturated rings. The van der Waals surface area contributed by atoms with E-state index >= 15 is 0 Å². The number of carbonyl (C=O) groups excluding carboxylic acids is 1. The number of carbonyl (C=O) groups is 2. The number of anilines is 1.